The van der Waals surface area contributed by atoms with Gasteiger partial charge in [-0.05, 0) is 29.8 Å². The van der Waals surface area contributed by atoms with E-state index in [0.29, 0.717) is 5.56 Å². The Labute approximate surface area is 131 Å². The second-order valence-electron chi connectivity index (χ2n) is 4.42. The van der Waals surface area contributed by atoms with Gasteiger partial charge in [0.05, 0.1) is 9.85 Å². The lowest BCUT2D eigenvalue weighted by molar-refractivity contribution is -0.385. The first kappa shape index (κ1) is 15.9. The molecule has 0 saturated carbocycles. The Morgan fingerprint density at radius 2 is 1.43 bits per heavy atom. The van der Waals surface area contributed by atoms with Crippen LogP contribution in [0.2, 0.25) is 0 Å². The average Bonchev–Trinajstić information content (AvgIpc) is 2.55. The highest BCUT2D eigenvalue weighted by Crippen LogP contribution is 2.11. The van der Waals surface area contributed by atoms with Gasteiger partial charge in [0.15, 0.2) is 0 Å². The molecule has 0 bridgehead atoms. The molecule has 0 aliphatic rings. The van der Waals surface area contributed by atoms with Crippen LogP contribution in [-0.2, 0) is 0 Å². The van der Waals surface area contributed by atoms with Crippen LogP contribution in [0, 0.1) is 32.1 Å². The number of nitrogens with zero attached hydrogens (tertiary/aromatic N) is 3. The number of nitro benzene ring substituents is 2. The zero-order valence-electron chi connectivity index (χ0n) is 11.9. The largest absolute Gasteiger partial charge is 0.280 e. The van der Waals surface area contributed by atoms with Crippen molar-refractivity contribution in [1.82, 2.24) is 0 Å². The quantitative estimate of drug-likeness (QED) is 0.375. The molecule has 114 valence electrons. The van der Waals surface area contributed by atoms with E-state index in [9.17, 15) is 20.2 Å². The van der Waals surface area contributed by atoms with E-state index in [1.807, 2.05) is 0 Å². The van der Waals surface area contributed by atoms with Crippen LogP contribution in [0.1, 0.15) is 11.1 Å². The summed E-state index contributed by atoms with van der Waals surface area (Å²) in [5, 5.41) is 21.0. The van der Waals surface area contributed by atoms with Gasteiger partial charge in [-0.1, -0.05) is 11.8 Å². The van der Waals surface area contributed by atoms with Crippen LogP contribution in [0.5, 0.6) is 0 Å². The summed E-state index contributed by atoms with van der Waals surface area (Å²) < 4.78 is 0. The van der Waals surface area contributed by atoms with Gasteiger partial charge in [0.1, 0.15) is 6.54 Å². The SMILES string of the molecule is O=[N+]([O-])c1ccc(C#CC/N=C/c2ccc([N+](=O)[O-])cc2)cc1. The number of benzene rings is 2. The van der Waals surface area contributed by atoms with Gasteiger partial charge in [-0.3, -0.25) is 25.2 Å². The minimum Gasteiger partial charge on any atom is -0.280 e. The van der Waals surface area contributed by atoms with Gasteiger partial charge in [0, 0.05) is 36.0 Å². The van der Waals surface area contributed by atoms with Gasteiger partial charge in [0.25, 0.3) is 11.4 Å². The minimum absolute atomic E-state index is 0.0201. The first-order valence-corrected chi connectivity index (χ1v) is 6.54. The molecule has 0 aliphatic carbocycles. The molecule has 7 heteroatoms. The molecule has 0 N–H and O–H groups in total. The van der Waals surface area contributed by atoms with Crippen molar-refractivity contribution in [3.05, 3.63) is 79.9 Å². The van der Waals surface area contributed by atoms with Crippen LogP contribution >= 0.6 is 0 Å². The lowest BCUT2D eigenvalue weighted by Crippen LogP contribution is -1.88. The van der Waals surface area contributed by atoms with Gasteiger partial charge >= 0.3 is 0 Å². The first-order chi connectivity index (χ1) is 11.1. The van der Waals surface area contributed by atoms with Crippen molar-refractivity contribution in [3.63, 3.8) is 0 Å². The fraction of sp³-hybridized carbons (Fsp3) is 0.0625. The summed E-state index contributed by atoms with van der Waals surface area (Å²) in [5.41, 5.74) is 1.46. The third-order valence-electron chi connectivity index (χ3n) is 2.83. The van der Waals surface area contributed by atoms with Crippen LogP contribution in [0.4, 0.5) is 11.4 Å². The molecule has 0 amide bonds. The van der Waals surface area contributed by atoms with Crippen LogP contribution in [0.25, 0.3) is 0 Å². The molecular formula is C16H11N3O4. The van der Waals surface area contributed by atoms with Gasteiger partial charge < -0.3 is 0 Å². The zero-order chi connectivity index (χ0) is 16.7. The molecule has 0 heterocycles. The maximum Gasteiger partial charge on any atom is 0.269 e. The maximum absolute atomic E-state index is 10.5. The lowest BCUT2D eigenvalue weighted by atomic mass is 10.2. The van der Waals surface area contributed by atoms with E-state index in [1.165, 1.54) is 24.3 Å². The predicted octanol–water partition coefficient (Wildman–Crippen LogP) is 2.97. The predicted molar refractivity (Wildman–Crippen MR) is 85.5 cm³/mol. The summed E-state index contributed by atoms with van der Waals surface area (Å²) in [5.74, 6) is 5.67. The molecule has 7 nitrogen and oxygen atoms in total. The number of hydrogen-bond donors (Lipinski definition) is 0. The maximum atomic E-state index is 10.5. The molecule has 0 saturated heterocycles. The van der Waals surface area contributed by atoms with Gasteiger partial charge in [-0.2, -0.15) is 0 Å². The van der Waals surface area contributed by atoms with Gasteiger partial charge in [0.2, 0.25) is 0 Å². The minimum atomic E-state index is -0.467. The van der Waals surface area contributed by atoms with Crippen molar-refractivity contribution in [2.45, 2.75) is 0 Å². The summed E-state index contributed by atoms with van der Waals surface area (Å²) in [4.78, 5) is 24.2. The second-order valence-corrected chi connectivity index (χ2v) is 4.42. The third kappa shape index (κ3) is 4.75. The molecular weight excluding hydrogens is 298 g/mol. The topological polar surface area (TPSA) is 98.6 Å². The van der Waals surface area contributed by atoms with Crippen LogP contribution < -0.4 is 0 Å². The molecule has 0 unspecified atom stereocenters. The Balaban J connectivity index is 1.91. The van der Waals surface area contributed by atoms with Crippen molar-refractivity contribution >= 4 is 17.6 Å². The summed E-state index contributed by atoms with van der Waals surface area (Å²) in [6.07, 6.45) is 1.58. The van der Waals surface area contributed by atoms with Gasteiger partial charge in [-0.15, -0.1) is 0 Å². The third-order valence-corrected chi connectivity index (χ3v) is 2.83. The van der Waals surface area contributed by atoms with Crippen LogP contribution in [0.15, 0.2) is 53.5 Å². The number of rotatable bonds is 4. The summed E-state index contributed by atoms with van der Waals surface area (Å²) in [7, 11) is 0. The normalized spacial score (nSPS) is 10.1. The highest BCUT2D eigenvalue weighted by Gasteiger charge is 2.02. The first-order valence-electron chi connectivity index (χ1n) is 6.54. The van der Waals surface area contributed by atoms with E-state index < -0.39 is 9.85 Å². The molecule has 2 aromatic rings. The summed E-state index contributed by atoms with van der Waals surface area (Å²) in [6.45, 7) is 0.258. The Kier molecular flexibility index (Phi) is 5.15. The zero-order valence-corrected chi connectivity index (χ0v) is 11.9. The highest BCUT2D eigenvalue weighted by molar-refractivity contribution is 5.80. The molecule has 2 rings (SSSR count). The highest BCUT2D eigenvalue weighted by atomic mass is 16.6. The Morgan fingerprint density at radius 1 is 0.913 bits per heavy atom. The molecule has 0 atom stereocenters. The Bertz CT molecular complexity index is 800. The van der Waals surface area contributed by atoms with E-state index in [1.54, 1.807) is 30.5 Å². The number of nitro groups is 2. The van der Waals surface area contributed by atoms with E-state index >= 15 is 0 Å². The second kappa shape index (κ2) is 7.47. The van der Waals surface area contributed by atoms with E-state index in [2.05, 4.69) is 16.8 Å². The molecule has 0 aliphatic heterocycles. The number of aliphatic imine (C=N–C) groups is 1. The van der Waals surface area contributed by atoms with Crippen LogP contribution in [-0.4, -0.2) is 22.6 Å². The van der Waals surface area contributed by atoms with E-state index in [4.69, 9.17) is 0 Å². The smallest absolute Gasteiger partial charge is 0.269 e. The summed E-state index contributed by atoms with van der Waals surface area (Å²) >= 11 is 0. The Hall–Kier alpha value is -3.53. The van der Waals surface area contributed by atoms with Crippen molar-refractivity contribution in [3.8, 4) is 11.8 Å². The van der Waals surface area contributed by atoms with Crippen molar-refractivity contribution < 1.29 is 9.85 Å². The monoisotopic (exact) mass is 309 g/mol. The Morgan fingerprint density at radius 3 is 1.96 bits per heavy atom. The molecule has 0 radical (unpaired) electrons. The van der Waals surface area contributed by atoms with Crippen LogP contribution in [0.3, 0.4) is 0 Å². The number of hydrogen-bond acceptors (Lipinski definition) is 5. The van der Waals surface area contributed by atoms with E-state index in [-0.39, 0.29) is 17.9 Å². The number of non-ortho nitro benzene ring substituents is 2. The molecule has 0 aromatic heterocycles. The van der Waals surface area contributed by atoms with E-state index in [0.717, 1.165) is 5.56 Å². The molecule has 23 heavy (non-hydrogen) atoms. The fourth-order valence-electron chi connectivity index (χ4n) is 1.69. The lowest BCUT2D eigenvalue weighted by Gasteiger charge is -1.92. The fourth-order valence-corrected chi connectivity index (χ4v) is 1.69. The summed E-state index contributed by atoms with van der Waals surface area (Å²) in [6, 6.07) is 12.0. The molecule has 2 aromatic carbocycles. The standard InChI is InChI=1S/C16H11N3O4/c20-18(21)15-7-3-13(4-8-15)2-1-11-17-12-14-5-9-16(10-6-14)19(22)23/h3-10,12H,11H2/b17-12+. The van der Waals surface area contributed by atoms with Crippen molar-refractivity contribution in [1.29, 1.82) is 0 Å². The van der Waals surface area contributed by atoms with Crippen molar-refractivity contribution in [2.24, 2.45) is 4.99 Å². The molecule has 0 spiro atoms. The average molecular weight is 309 g/mol. The van der Waals surface area contributed by atoms with Crippen molar-refractivity contribution in [2.75, 3.05) is 6.54 Å². The van der Waals surface area contributed by atoms with Gasteiger partial charge in [-0.25, -0.2) is 0 Å². The molecule has 0 fully saturated rings.